The lowest BCUT2D eigenvalue weighted by molar-refractivity contribution is -0.118. The van der Waals surface area contributed by atoms with Crippen molar-refractivity contribution < 1.29 is 14.3 Å². The molecule has 6 nitrogen and oxygen atoms in total. The van der Waals surface area contributed by atoms with Crippen molar-refractivity contribution in [2.75, 3.05) is 11.6 Å². The third kappa shape index (κ3) is 11.8. The average Bonchev–Trinajstić information content (AvgIpc) is 3.38. The summed E-state index contributed by atoms with van der Waals surface area (Å²) >= 11 is 0. The lowest BCUT2D eigenvalue weighted by atomic mass is 10.1. The molecule has 0 saturated carbocycles. The lowest BCUT2D eigenvalue weighted by Gasteiger charge is -2.12. The van der Waals surface area contributed by atoms with E-state index >= 15 is 0 Å². The maximum atomic E-state index is 13.0. The molecule has 4 rings (SSSR count). The first-order valence-electron chi connectivity index (χ1n) is 17.5. The van der Waals surface area contributed by atoms with Crippen LogP contribution in [0.15, 0.2) is 89.0 Å². The minimum Gasteiger partial charge on any atom is -0.494 e. The van der Waals surface area contributed by atoms with Crippen LogP contribution in [0, 0.1) is 12.8 Å². The van der Waals surface area contributed by atoms with Crippen LogP contribution in [0.4, 0.5) is 11.4 Å². The van der Waals surface area contributed by atoms with E-state index in [9.17, 15) is 9.59 Å². The van der Waals surface area contributed by atoms with Crippen molar-refractivity contribution >= 4 is 41.1 Å². The molecule has 0 aliphatic carbocycles. The summed E-state index contributed by atoms with van der Waals surface area (Å²) in [7, 11) is 0. The first-order valence-corrected chi connectivity index (χ1v) is 17.5. The highest BCUT2D eigenvalue weighted by atomic mass is 16.5. The van der Waals surface area contributed by atoms with E-state index in [0.717, 1.165) is 35.6 Å². The van der Waals surface area contributed by atoms with Gasteiger partial charge in [0.05, 0.1) is 23.7 Å². The largest absolute Gasteiger partial charge is 0.494 e. The van der Waals surface area contributed by atoms with Gasteiger partial charge in [0.2, 0.25) is 0 Å². The molecule has 0 bridgehead atoms. The number of hydrazone groups is 1. The molecule has 0 spiro atoms. The van der Waals surface area contributed by atoms with Gasteiger partial charge in [0, 0.05) is 11.8 Å². The van der Waals surface area contributed by atoms with Gasteiger partial charge < -0.3 is 4.74 Å². The Hall–Kier alpha value is -4.32. The van der Waals surface area contributed by atoms with Gasteiger partial charge in [-0.3, -0.25) is 14.6 Å². The molecule has 0 radical (unpaired) electrons. The average molecular weight is 634 g/mol. The normalized spacial score (nSPS) is 14.8. The molecule has 47 heavy (non-hydrogen) atoms. The smallest absolute Gasteiger partial charge is 0.261 e. The predicted molar refractivity (Wildman–Crippen MR) is 196 cm³/mol. The van der Waals surface area contributed by atoms with Crippen LogP contribution in [-0.2, 0) is 4.79 Å². The van der Waals surface area contributed by atoms with Crippen molar-refractivity contribution in [2.45, 2.75) is 97.8 Å². The SMILES string of the molecule is CCCCCCCCCCCCCCOc1ccc(/C=C/C(=O)c2ccc(N=CC3C(=O)N(c4ccc(C)cc4)N=C3C)cc2)cc1. The number of unbranched alkanes of at least 4 members (excludes halogenated alkanes) is 11. The Labute approximate surface area is 281 Å². The van der Waals surface area contributed by atoms with E-state index in [1.54, 1.807) is 36.6 Å². The van der Waals surface area contributed by atoms with E-state index in [1.807, 2.05) is 68.5 Å². The van der Waals surface area contributed by atoms with E-state index in [2.05, 4.69) is 17.0 Å². The molecule has 1 unspecified atom stereocenters. The van der Waals surface area contributed by atoms with Crippen LogP contribution in [-0.4, -0.2) is 30.2 Å². The zero-order chi connectivity index (χ0) is 33.3. The van der Waals surface area contributed by atoms with Crippen molar-refractivity contribution in [1.29, 1.82) is 0 Å². The molecular formula is C41H51N3O3. The van der Waals surface area contributed by atoms with Crippen molar-refractivity contribution in [3.63, 3.8) is 0 Å². The second-order valence-corrected chi connectivity index (χ2v) is 12.5. The number of aliphatic imine (C=N–C) groups is 1. The molecule has 1 aliphatic rings. The maximum Gasteiger partial charge on any atom is 0.261 e. The number of ketones is 1. The van der Waals surface area contributed by atoms with E-state index in [-0.39, 0.29) is 11.7 Å². The summed E-state index contributed by atoms with van der Waals surface area (Å²) in [5.41, 5.74) is 4.73. The highest BCUT2D eigenvalue weighted by molar-refractivity contribution is 6.23. The number of carbonyl (C=O) groups excluding carboxylic acids is 2. The number of ether oxygens (including phenoxy) is 1. The minimum atomic E-state index is -0.522. The summed E-state index contributed by atoms with van der Waals surface area (Å²) in [6.45, 7) is 6.84. The van der Waals surface area contributed by atoms with E-state index in [1.165, 1.54) is 75.6 Å². The van der Waals surface area contributed by atoms with Gasteiger partial charge >= 0.3 is 0 Å². The third-order valence-electron chi connectivity index (χ3n) is 8.56. The fourth-order valence-corrected chi connectivity index (χ4v) is 5.57. The summed E-state index contributed by atoms with van der Waals surface area (Å²) in [6.07, 6.45) is 21.0. The number of hydrogen-bond donors (Lipinski definition) is 0. The Morgan fingerprint density at radius 1 is 0.787 bits per heavy atom. The lowest BCUT2D eigenvalue weighted by Crippen LogP contribution is -2.27. The topological polar surface area (TPSA) is 71.3 Å². The number of allylic oxidation sites excluding steroid dienone is 1. The number of rotatable bonds is 20. The van der Waals surface area contributed by atoms with Gasteiger partial charge in [-0.2, -0.15) is 10.1 Å². The highest BCUT2D eigenvalue weighted by Gasteiger charge is 2.33. The molecular weight excluding hydrogens is 582 g/mol. The zero-order valence-electron chi connectivity index (χ0n) is 28.5. The van der Waals surface area contributed by atoms with Crippen LogP contribution >= 0.6 is 0 Å². The minimum absolute atomic E-state index is 0.0875. The van der Waals surface area contributed by atoms with Gasteiger partial charge in [-0.05, 0) is 80.4 Å². The Morgan fingerprint density at radius 2 is 1.38 bits per heavy atom. The second kappa shape index (κ2) is 19.4. The molecule has 0 aromatic heterocycles. The molecule has 3 aromatic carbocycles. The molecule has 1 heterocycles. The first kappa shape index (κ1) is 35.5. The summed E-state index contributed by atoms with van der Waals surface area (Å²) in [6, 6.07) is 22.6. The second-order valence-electron chi connectivity index (χ2n) is 12.5. The Morgan fingerprint density at radius 3 is 2.00 bits per heavy atom. The molecule has 0 fully saturated rings. The Balaban J connectivity index is 1.13. The zero-order valence-corrected chi connectivity index (χ0v) is 28.5. The number of anilines is 1. The van der Waals surface area contributed by atoms with Crippen LogP contribution in [0.25, 0.3) is 6.08 Å². The fourth-order valence-electron chi connectivity index (χ4n) is 5.57. The van der Waals surface area contributed by atoms with Gasteiger partial charge in [-0.15, -0.1) is 0 Å². The standard InChI is InChI=1S/C41H51N3O3/c1-4-5-6-7-8-9-10-11-12-13-14-15-30-47-38-27-18-34(19-28-38)20-29-40(45)35-21-23-36(24-22-35)42-31-39-33(3)43-44(41(39)46)37-25-16-32(2)17-26-37/h16-29,31,39H,4-15,30H2,1-3H3/b29-20+,42-31?. The van der Waals surface area contributed by atoms with E-state index in [4.69, 9.17) is 4.74 Å². The monoisotopic (exact) mass is 633 g/mol. The van der Waals surface area contributed by atoms with Crippen LogP contribution in [0.1, 0.15) is 112 Å². The molecule has 1 atom stereocenters. The van der Waals surface area contributed by atoms with Crippen molar-refractivity contribution in [2.24, 2.45) is 16.0 Å². The van der Waals surface area contributed by atoms with Crippen LogP contribution in [0.5, 0.6) is 5.75 Å². The summed E-state index contributed by atoms with van der Waals surface area (Å²) in [4.78, 5) is 30.2. The summed E-state index contributed by atoms with van der Waals surface area (Å²) in [5, 5.41) is 5.87. The van der Waals surface area contributed by atoms with Crippen molar-refractivity contribution in [3.05, 3.63) is 95.6 Å². The van der Waals surface area contributed by atoms with Gasteiger partial charge in [0.1, 0.15) is 11.7 Å². The van der Waals surface area contributed by atoms with Crippen LogP contribution in [0.3, 0.4) is 0 Å². The molecule has 248 valence electrons. The van der Waals surface area contributed by atoms with Gasteiger partial charge in [0.25, 0.3) is 5.91 Å². The van der Waals surface area contributed by atoms with Crippen molar-refractivity contribution in [3.8, 4) is 5.75 Å². The van der Waals surface area contributed by atoms with Gasteiger partial charge in [-0.1, -0.05) is 113 Å². The number of benzene rings is 3. The fraction of sp³-hybridized carbons (Fsp3) is 0.415. The summed E-state index contributed by atoms with van der Waals surface area (Å²) < 4.78 is 5.92. The molecule has 1 amide bonds. The number of aryl methyl sites for hydroxylation is 1. The van der Waals surface area contributed by atoms with Crippen molar-refractivity contribution in [1.82, 2.24) is 0 Å². The Bertz CT molecular complexity index is 1490. The van der Waals surface area contributed by atoms with E-state index in [0.29, 0.717) is 17.0 Å². The van der Waals surface area contributed by atoms with E-state index < -0.39 is 5.92 Å². The number of carbonyl (C=O) groups is 2. The van der Waals surface area contributed by atoms with Crippen LogP contribution in [0.2, 0.25) is 0 Å². The molecule has 0 N–H and O–H groups in total. The quantitative estimate of drug-likeness (QED) is 0.0538. The number of nitrogens with zero attached hydrogens (tertiary/aromatic N) is 3. The molecule has 1 aliphatic heterocycles. The highest BCUT2D eigenvalue weighted by Crippen LogP contribution is 2.24. The molecule has 6 heteroatoms. The van der Waals surface area contributed by atoms with Gasteiger partial charge in [-0.25, -0.2) is 0 Å². The number of amides is 1. The first-order chi connectivity index (χ1) is 22.9. The summed E-state index contributed by atoms with van der Waals surface area (Å²) in [5.74, 6) is 0.116. The molecule has 3 aromatic rings. The van der Waals surface area contributed by atoms with Crippen LogP contribution < -0.4 is 9.75 Å². The number of hydrogen-bond acceptors (Lipinski definition) is 5. The maximum absolute atomic E-state index is 13.0. The third-order valence-corrected chi connectivity index (χ3v) is 8.56. The Kier molecular flexibility index (Phi) is 14.6. The van der Waals surface area contributed by atoms with Gasteiger partial charge in [0.15, 0.2) is 5.78 Å². The predicted octanol–water partition coefficient (Wildman–Crippen LogP) is 10.7. The molecule has 0 saturated heterocycles.